The molecule has 0 spiro atoms. The number of hydrogen-bond donors (Lipinski definition) is 1. The van der Waals surface area contributed by atoms with Crippen molar-refractivity contribution >= 4 is 15.9 Å². The van der Waals surface area contributed by atoms with E-state index in [1.807, 2.05) is 32.0 Å². The molecule has 32 heavy (non-hydrogen) atoms. The smallest absolute Gasteiger partial charge is 0.260 e. The van der Waals surface area contributed by atoms with Crippen molar-refractivity contribution in [2.75, 3.05) is 19.6 Å². The molecule has 1 heterocycles. The average molecular weight is 459 g/mol. The molecule has 0 unspecified atom stereocenters. The van der Waals surface area contributed by atoms with Crippen molar-refractivity contribution < 1.29 is 17.9 Å². The van der Waals surface area contributed by atoms with Crippen LogP contribution >= 0.6 is 0 Å². The minimum absolute atomic E-state index is 0.186. The van der Waals surface area contributed by atoms with E-state index in [1.54, 1.807) is 35.5 Å². The highest BCUT2D eigenvalue weighted by molar-refractivity contribution is 7.89. The van der Waals surface area contributed by atoms with Crippen LogP contribution in [0.15, 0.2) is 59.5 Å². The minimum atomic E-state index is -3.54. The SMILES string of the molecule is CC(C)CNC(=O)[C@H](C)Oc1ccc(S(=O)(=O)N2CCC(Cc3ccccc3)CC2)cc1. The van der Waals surface area contributed by atoms with E-state index < -0.39 is 16.1 Å². The Morgan fingerprint density at radius 1 is 1.03 bits per heavy atom. The van der Waals surface area contributed by atoms with Crippen LogP contribution in [0.3, 0.4) is 0 Å². The number of nitrogens with zero attached hydrogens (tertiary/aromatic N) is 1. The van der Waals surface area contributed by atoms with Gasteiger partial charge in [-0.15, -0.1) is 0 Å². The molecule has 0 aromatic heterocycles. The number of benzene rings is 2. The quantitative estimate of drug-likeness (QED) is 0.619. The first kappa shape index (κ1) is 24.3. The largest absolute Gasteiger partial charge is 0.481 e. The lowest BCUT2D eigenvalue weighted by molar-refractivity contribution is -0.127. The highest BCUT2D eigenvalue weighted by Gasteiger charge is 2.29. The molecule has 0 bridgehead atoms. The summed E-state index contributed by atoms with van der Waals surface area (Å²) in [6.07, 6.45) is 2.06. The van der Waals surface area contributed by atoms with Crippen molar-refractivity contribution in [3.05, 3.63) is 60.2 Å². The maximum absolute atomic E-state index is 13.1. The third-order valence-corrected chi connectivity index (χ3v) is 7.68. The van der Waals surface area contributed by atoms with Crippen molar-refractivity contribution in [1.82, 2.24) is 9.62 Å². The van der Waals surface area contributed by atoms with E-state index in [0.717, 1.165) is 19.3 Å². The fraction of sp³-hybridized carbons (Fsp3) is 0.480. The Bertz CT molecular complexity index is 967. The van der Waals surface area contributed by atoms with Crippen molar-refractivity contribution in [1.29, 1.82) is 0 Å². The van der Waals surface area contributed by atoms with E-state index in [4.69, 9.17) is 4.74 Å². The summed E-state index contributed by atoms with van der Waals surface area (Å²) in [5.41, 5.74) is 1.30. The molecule has 6 nitrogen and oxygen atoms in total. The third-order valence-electron chi connectivity index (χ3n) is 5.77. The Morgan fingerprint density at radius 2 is 1.66 bits per heavy atom. The highest BCUT2D eigenvalue weighted by Crippen LogP contribution is 2.27. The van der Waals surface area contributed by atoms with E-state index in [9.17, 15) is 13.2 Å². The van der Waals surface area contributed by atoms with Crippen LogP contribution in [0.25, 0.3) is 0 Å². The highest BCUT2D eigenvalue weighted by atomic mass is 32.2. The molecule has 0 aliphatic carbocycles. The van der Waals surface area contributed by atoms with Gasteiger partial charge in [-0.25, -0.2) is 8.42 Å². The van der Waals surface area contributed by atoms with Crippen LogP contribution in [-0.2, 0) is 21.2 Å². The first-order chi connectivity index (χ1) is 15.3. The van der Waals surface area contributed by atoms with Gasteiger partial charge in [0, 0.05) is 19.6 Å². The second kappa shape index (κ2) is 11.0. The molecule has 1 N–H and O–H groups in total. The first-order valence-electron chi connectivity index (χ1n) is 11.3. The Morgan fingerprint density at radius 3 is 2.25 bits per heavy atom. The summed E-state index contributed by atoms with van der Waals surface area (Å²) in [4.78, 5) is 12.3. The van der Waals surface area contributed by atoms with Crippen LogP contribution in [0.1, 0.15) is 39.2 Å². The number of hydrogen-bond acceptors (Lipinski definition) is 4. The summed E-state index contributed by atoms with van der Waals surface area (Å²) < 4.78 is 33.4. The van der Waals surface area contributed by atoms with Gasteiger partial charge in [-0.3, -0.25) is 4.79 Å². The molecular weight excluding hydrogens is 424 g/mol. The van der Waals surface area contributed by atoms with Gasteiger partial charge < -0.3 is 10.1 Å². The maximum Gasteiger partial charge on any atom is 0.260 e. The van der Waals surface area contributed by atoms with Gasteiger partial charge in [0.15, 0.2) is 6.10 Å². The molecule has 1 fully saturated rings. The molecular formula is C25H34N2O4S. The Balaban J connectivity index is 1.54. The summed E-state index contributed by atoms with van der Waals surface area (Å²) >= 11 is 0. The van der Waals surface area contributed by atoms with E-state index in [-0.39, 0.29) is 10.8 Å². The van der Waals surface area contributed by atoms with Gasteiger partial charge in [0.2, 0.25) is 10.0 Å². The van der Waals surface area contributed by atoms with Gasteiger partial charge in [0.1, 0.15) is 5.75 Å². The minimum Gasteiger partial charge on any atom is -0.481 e. The van der Waals surface area contributed by atoms with Crippen molar-refractivity contribution in [3.8, 4) is 5.75 Å². The van der Waals surface area contributed by atoms with E-state index in [2.05, 4.69) is 17.4 Å². The molecule has 3 rings (SSSR count). The molecule has 1 aliphatic rings. The Kier molecular flexibility index (Phi) is 8.32. The first-order valence-corrected chi connectivity index (χ1v) is 12.8. The van der Waals surface area contributed by atoms with E-state index in [1.165, 1.54) is 5.56 Å². The normalized spacial score (nSPS) is 16.6. The molecule has 174 valence electrons. The lowest BCUT2D eigenvalue weighted by Crippen LogP contribution is -2.39. The van der Waals surface area contributed by atoms with Crippen molar-refractivity contribution in [2.45, 2.75) is 51.0 Å². The number of carbonyl (C=O) groups excluding carboxylic acids is 1. The molecule has 1 amide bonds. The third kappa shape index (κ3) is 6.56. The van der Waals surface area contributed by atoms with Gasteiger partial charge in [-0.05, 0) is 67.9 Å². The predicted molar refractivity (Wildman–Crippen MR) is 126 cm³/mol. The zero-order chi connectivity index (χ0) is 23.1. The van der Waals surface area contributed by atoms with Gasteiger partial charge in [0.25, 0.3) is 5.91 Å². The summed E-state index contributed by atoms with van der Waals surface area (Å²) in [5, 5.41) is 2.83. The molecule has 0 radical (unpaired) electrons. The standard InChI is InChI=1S/C25H34N2O4S/c1-19(2)18-26-25(28)20(3)31-23-9-11-24(12-10-23)32(29,30)27-15-13-22(14-16-27)17-21-7-5-4-6-8-21/h4-12,19-20,22H,13-18H2,1-3H3,(H,26,28)/t20-/m0/s1. The number of ether oxygens (including phenoxy) is 1. The van der Waals surface area contributed by atoms with Gasteiger partial charge in [-0.1, -0.05) is 44.2 Å². The number of carbonyl (C=O) groups is 1. The lowest BCUT2D eigenvalue weighted by Gasteiger charge is -2.31. The molecule has 2 aromatic carbocycles. The fourth-order valence-corrected chi connectivity index (χ4v) is 5.32. The van der Waals surface area contributed by atoms with Crippen LogP contribution in [0.5, 0.6) is 5.75 Å². The second-order valence-corrected chi connectivity index (χ2v) is 10.8. The van der Waals surface area contributed by atoms with Crippen LogP contribution in [0.4, 0.5) is 0 Å². The lowest BCUT2D eigenvalue weighted by atomic mass is 9.91. The maximum atomic E-state index is 13.1. The molecule has 1 saturated heterocycles. The second-order valence-electron chi connectivity index (χ2n) is 8.91. The predicted octanol–water partition coefficient (Wildman–Crippen LogP) is 3.87. The Hall–Kier alpha value is -2.38. The molecule has 2 aromatic rings. The fourth-order valence-electron chi connectivity index (χ4n) is 3.85. The molecule has 0 saturated carbocycles. The summed E-state index contributed by atoms with van der Waals surface area (Å²) in [6.45, 7) is 7.38. The monoisotopic (exact) mass is 458 g/mol. The van der Waals surface area contributed by atoms with Crippen LogP contribution in [0, 0.1) is 11.8 Å². The molecule has 1 aliphatic heterocycles. The van der Waals surface area contributed by atoms with Gasteiger partial charge in [0.05, 0.1) is 4.90 Å². The van der Waals surface area contributed by atoms with E-state index >= 15 is 0 Å². The zero-order valence-electron chi connectivity index (χ0n) is 19.2. The topological polar surface area (TPSA) is 75.7 Å². The number of sulfonamides is 1. The summed E-state index contributed by atoms with van der Waals surface area (Å²) in [6, 6.07) is 16.7. The molecule has 7 heteroatoms. The molecule has 1 atom stereocenters. The Labute approximate surface area is 192 Å². The number of piperidine rings is 1. The van der Waals surface area contributed by atoms with Crippen LogP contribution in [-0.4, -0.2) is 44.4 Å². The average Bonchev–Trinajstić information content (AvgIpc) is 2.79. The zero-order valence-corrected chi connectivity index (χ0v) is 20.0. The number of nitrogens with one attached hydrogen (secondary N) is 1. The van der Waals surface area contributed by atoms with Crippen molar-refractivity contribution in [3.63, 3.8) is 0 Å². The van der Waals surface area contributed by atoms with Gasteiger partial charge in [-0.2, -0.15) is 4.31 Å². The van der Waals surface area contributed by atoms with Crippen LogP contribution < -0.4 is 10.1 Å². The van der Waals surface area contributed by atoms with Gasteiger partial charge >= 0.3 is 0 Å². The van der Waals surface area contributed by atoms with Crippen molar-refractivity contribution in [2.24, 2.45) is 11.8 Å². The summed E-state index contributed by atoms with van der Waals surface area (Å²) in [5.74, 6) is 1.15. The summed E-state index contributed by atoms with van der Waals surface area (Å²) in [7, 11) is -3.54. The van der Waals surface area contributed by atoms with Crippen LogP contribution in [0.2, 0.25) is 0 Å². The number of amides is 1. The number of rotatable bonds is 9. The van der Waals surface area contributed by atoms with E-state index in [0.29, 0.717) is 37.2 Å².